The maximum atomic E-state index is 12.8. The maximum absolute atomic E-state index is 12.8. The second kappa shape index (κ2) is 5.39. The predicted molar refractivity (Wildman–Crippen MR) is 83.8 cm³/mol. The average molecular weight is 299 g/mol. The highest BCUT2D eigenvalue weighted by molar-refractivity contribution is 5.98. The molecule has 22 heavy (non-hydrogen) atoms. The fourth-order valence-electron chi connectivity index (χ4n) is 3.92. The number of carbonyl (C=O) groups excluding carboxylic acids is 2. The Kier molecular flexibility index (Phi) is 3.37. The zero-order valence-electron chi connectivity index (χ0n) is 12.6. The molecule has 0 bridgehead atoms. The Morgan fingerprint density at radius 3 is 2.95 bits per heavy atom. The summed E-state index contributed by atoms with van der Waals surface area (Å²) in [7, 11) is 0. The number of benzene rings is 1. The summed E-state index contributed by atoms with van der Waals surface area (Å²) >= 11 is 0. The fourth-order valence-corrected chi connectivity index (χ4v) is 3.92. The predicted octanol–water partition coefficient (Wildman–Crippen LogP) is 1.25. The number of nitrogens with one attached hydrogen (secondary N) is 2. The van der Waals surface area contributed by atoms with Crippen molar-refractivity contribution in [3.63, 3.8) is 0 Å². The van der Waals surface area contributed by atoms with E-state index in [9.17, 15) is 9.59 Å². The van der Waals surface area contributed by atoms with Gasteiger partial charge in [0.15, 0.2) is 0 Å². The molecule has 3 aliphatic heterocycles. The van der Waals surface area contributed by atoms with Crippen molar-refractivity contribution in [2.75, 3.05) is 31.5 Å². The van der Waals surface area contributed by atoms with E-state index in [2.05, 4.69) is 10.6 Å². The van der Waals surface area contributed by atoms with E-state index < -0.39 is 0 Å². The van der Waals surface area contributed by atoms with Crippen LogP contribution in [0.4, 0.5) is 5.69 Å². The summed E-state index contributed by atoms with van der Waals surface area (Å²) in [6, 6.07) is 5.66. The molecule has 2 fully saturated rings. The van der Waals surface area contributed by atoms with Gasteiger partial charge in [0.25, 0.3) is 5.91 Å². The largest absolute Gasteiger partial charge is 0.338 e. The number of carbonyl (C=O) groups is 2. The molecule has 0 aliphatic carbocycles. The van der Waals surface area contributed by atoms with Crippen LogP contribution in [-0.2, 0) is 11.2 Å². The summed E-state index contributed by atoms with van der Waals surface area (Å²) in [6.45, 7) is 3.86. The van der Waals surface area contributed by atoms with E-state index in [1.807, 2.05) is 23.1 Å². The molecule has 116 valence electrons. The van der Waals surface area contributed by atoms with Crippen molar-refractivity contribution in [2.24, 2.45) is 11.8 Å². The van der Waals surface area contributed by atoms with Gasteiger partial charge in [-0.05, 0) is 61.5 Å². The number of likely N-dealkylation sites (tertiary alicyclic amines) is 1. The lowest BCUT2D eigenvalue weighted by atomic mass is 9.88. The minimum atomic E-state index is 0.0578. The Bertz CT molecular complexity index is 628. The van der Waals surface area contributed by atoms with Crippen LogP contribution in [0.2, 0.25) is 0 Å². The number of fused-ring (bicyclic) bond motifs is 2. The summed E-state index contributed by atoms with van der Waals surface area (Å²) in [6.07, 6.45) is 2.32. The Balaban J connectivity index is 1.52. The molecule has 2 saturated heterocycles. The van der Waals surface area contributed by atoms with Gasteiger partial charge in [0, 0.05) is 30.8 Å². The molecular formula is C17H21N3O2. The van der Waals surface area contributed by atoms with Gasteiger partial charge in [0.05, 0.1) is 0 Å². The molecule has 5 nitrogen and oxygen atoms in total. The second-order valence-electron chi connectivity index (χ2n) is 6.64. The molecule has 0 radical (unpaired) electrons. The first kappa shape index (κ1) is 13.8. The normalized spacial score (nSPS) is 27.1. The molecule has 0 saturated carbocycles. The van der Waals surface area contributed by atoms with Crippen LogP contribution in [0.1, 0.15) is 28.8 Å². The molecule has 5 heteroatoms. The van der Waals surface area contributed by atoms with Crippen molar-refractivity contribution >= 4 is 17.5 Å². The van der Waals surface area contributed by atoms with Crippen molar-refractivity contribution in [1.82, 2.24) is 10.2 Å². The van der Waals surface area contributed by atoms with Gasteiger partial charge >= 0.3 is 0 Å². The standard InChI is InChI=1S/C17H21N3O2/c21-16-4-2-11-7-12(1-3-15(11)19-16)17(22)20-6-5-13-8-18-9-14(13)10-20/h1,3,7,13-14,18H,2,4-6,8-10H2,(H,19,21). The van der Waals surface area contributed by atoms with Crippen molar-refractivity contribution in [3.05, 3.63) is 29.3 Å². The first-order valence-corrected chi connectivity index (χ1v) is 8.13. The third-order valence-electron chi connectivity index (χ3n) is 5.24. The molecule has 2 N–H and O–H groups in total. The molecule has 2 unspecified atom stereocenters. The van der Waals surface area contributed by atoms with Crippen LogP contribution >= 0.6 is 0 Å². The lowest BCUT2D eigenvalue weighted by Gasteiger charge is -2.34. The van der Waals surface area contributed by atoms with E-state index in [-0.39, 0.29) is 11.8 Å². The van der Waals surface area contributed by atoms with Crippen molar-refractivity contribution < 1.29 is 9.59 Å². The molecule has 0 spiro atoms. The lowest BCUT2D eigenvalue weighted by molar-refractivity contribution is -0.116. The number of aryl methyl sites for hydroxylation is 1. The number of piperidine rings is 1. The molecule has 2 amide bonds. The number of hydrogen-bond acceptors (Lipinski definition) is 3. The van der Waals surface area contributed by atoms with Gasteiger partial charge in [0.2, 0.25) is 5.91 Å². The first-order valence-electron chi connectivity index (χ1n) is 8.13. The number of amides is 2. The molecule has 2 atom stereocenters. The molecule has 0 aromatic heterocycles. The molecular weight excluding hydrogens is 278 g/mol. The second-order valence-corrected chi connectivity index (χ2v) is 6.64. The minimum absolute atomic E-state index is 0.0578. The summed E-state index contributed by atoms with van der Waals surface area (Å²) in [5.41, 5.74) is 2.67. The summed E-state index contributed by atoms with van der Waals surface area (Å²) in [5, 5.41) is 6.29. The van der Waals surface area contributed by atoms with E-state index in [4.69, 9.17) is 0 Å². The van der Waals surface area contributed by atoms with Crippen LogP contribution in [-0.4, -0.2) is 42.9 Å². The summed E-state index contributed by atoms with van der Waals surface area (Å²) in [5.74, 6) is 1.53. The van der Waals surface area contributed by atoms with Crippen molar-refractivity contribution in [2.45, 2.75) is 19.3 Å². The van der Waals surface area contributed by atoms with Gasteiger partial charge in [-0.15, -0.1) is 0 Å². The molecule has 1 aromatic rings. The van der Waals surface area contributed by atoms with Crippen LogP contribution in [0.3, 0.4) is 0 Å². The maximum Gasteiger partial charge on any atom is 0.253 e. The van der Waals surface area contributed by atoms with E-state index in [0.717, 1.165) is 61.8 Å². The van der Waals surface area contributed by atoms with Crippen molar-refractivity contribution in [1.29, 1.82) is 0 Å². The Morgan fingerprint density at radius 1 is 1.18 bits per heavy atom. The van der Waals surface area contributed by atoms with E-state index in [1.165, 1.54) is 0 Å². The van der Waals surface area contributed by atoms with Gasteiger partial charge < -0.3 is 15.5 Å². The molecule has 1 aromatic carbocycles. The van der Waals surface area contributed by atoms with Crippen LogP contribution in [0.25, 0.3) is 0 Å². The van der Waals surface area contributed by atoms with Gasteiger partial charge in [0.1, 0.15) is 0 Å². The van der Waals surface area contributed by atoms with Crippen molar-refractivity contribution in [3.8, 4) is 0 Å². The fraction of sp³-hybridized carbons (Fsp3) is 0.529. The first-order chi connectivity index (χ1) is 10.7. The Labute approximate surface area is 130 Å². The highest BCUT2D eigenvalue weighted by Crippen LogP contribution is 2.29. The zero-order chi connectivity index (χ0) is 15.1. The highest BCUT2D eigenvalue weighted by Gasteiger charge is 2.34. The zero-order valence-corrected chi connectivity index (χ0v) is 12.6. The topological polar surface area (TPSA) is 61.4 Å². The highest BCUT2D eigenvalue weighted by atomic mass is 16.2. The third-order valence-corrected chi connectivity index (χ3v) is 5.24. The number of hydrogen-bond donors (Lipinski definition) is 2. The number of nitrogens with zero attached hydrogens (tertiary/aromatic N) is 1. The van der Waals surface area contributed by atoms with Gasteiger partial charge in [-0.3, -0.25) is 9.59 Å². The van der Waals surface area contributed by atoms with Gasteiger partial charge in [-0.25, -0.2) is 0 Å². The van der Waals surface area contributed by atoms with Gasteiger partial charge in [-0.2, -0.15) is 0 Å². The van der Waals surface area contributed by atoms with Crippen LogP contribution in [0, 0.1) is 11.8 Å². The van der Waals surface area contributed by atoms with Crippen LogP contribution in [0.15, 0.2) is 18.2 Å². The van der Waals surface area contributed by atoms with Crippen LogP contribution in [0.5, 0.6) is 0 Å². The Hall–Kier alpha value is -1.88. The third kappa shape index (κ3) is 2.39. The quantitative estimate of drug-likeness (QED) is 0.820. The summed E-state index contributed by atoms with van der Waals surface area (Å²) < 4.78 is 0. The van der Waals surface area contributed by atoms with Crippen LogP contribution < -0.4 is 10.6 Å². The smallest absolute Gasteiger partial charge is 0.253 e. The monoisotopic (exact) mass is 299 g/mol. The number of anilines is 1. The Morgan fingerprint density at radius 2 is 2.05 bits per heavy atom. The van der Waals surface area contributed by atoms with E-state index in [0.29, 0.717) is 12.3 Å². The van der Waals surface area contributed by atoms with E-state index >= 15 is 0 Å². The molecule has 3 aliphatic rings. The summed E-state index contributed by atoms with van der Waals surface area (Å²) in [4.78, 5) is 26.2. The minimum Gasteiger partial charge on any atom is -0.338 e. The average Bonchev–Trinajstić information content (AvgIpc) is 3.01. The van der Waals surface area contributed by atoms with Gasteiger partial charge in [-0.1, -0.05) is 0 Å². The van der Waals surface area contributed by atoms with E-state index in [1.54, 1.807) is 0 Å². The SMILES string of the molecule is O=C1CCc2cc(C(=O)N3CCC4CNCC4C3)ccc2N1. The molecule has 3 heterocycles. The number of rotatable bonds is 1. The lowest BCUT2D eigenvalue weighted by Crippen LogP contribution is -2.43. The molecule has 4 rings (SSSR count).